The van der Waals surface area contributed by atoms with Crippen LogP contribution in [0.25, 0.3) is 0 Å². The Labute approximate surface area is 99.4 Å². The van der Waals surface area contributed by atoms with Crippen LogP contribution >= 0.6 is 0 Å². The van der Waals surface area contributed by atoms with Crippen molar-refractivity contribution in [2.45, 2.75) is 51.9 Å². The summed E-state index contributed by atoms with van der Waals surface area (Å²) < 4.78 is 0. The average molecular weight is 226 g/mol. The topological polar surface area (TPSA) is 46.3 Å². The highest BCUT2D eigenvalue weighted by Gasteiger charge is 2.21. The molecule has 0 saturated carbocycles. The highest BCUT2D eigenvalue weighted by atomic mass is 16.2. The first kappa shape index (κ1) is 13.5. The molecular weight excluding hydrogens is 200 g/mol. The van der Waals surface area contributed by atoms with Crippen LogP contribution in [-0.4, -0.2) is 30.4 Å². The van der Waals surface area contributed by atoms with Crippen LogP contribution in [0.3, 0.4) is 0 Å². The number of likely N-dealkylation sites (tertiary alicyclic amines) is 1. The van der Waals surface area contributed by atoms with Crippen LogP contribution in [0.4, 0.5) is 0 Å². The van der Waals surface area contributed by atoms with Gasteiger partial charge in [0.2, 0.25) is 5.91 Å². The maximum Gasteiger partial charge on any atom is 0.222 e. The molecule has 0 unspecified atom stereocenters. The average Bonchev–Trinajstić information content (AvgIpc) is 2.30. The van der Waals surface area contributed by atoms with E-state index in [1.54, 1.807) is 0 Å². The van der Waals surface area contributed by atoms with Crippen molar-refractivity contribution in [1.82, 2.24) is 4.90 Å². The van der Waals surface area contributed by atoms with E-state index in [4.69, 9.17) is 5.73 Å². The third-order valence-electron chi connectivity index (χ3n) is 3.54. The molecule has 2 N–H and O–H groups in total. The largest absolute Gasteiger partial charge is 0.343 e. The SMILES string of the molecule is CCCCCC(=O)N1CCC(CCN)CC1. The lowest BCUT2D eigenvalue weighted by Crippen LogP contribution is -2.38. The van der Waals surface area contributed by atoms with Gasteiger partial charge in [-0.05, 0) is 38.1 Å². The van der Waals surface area contributed by atoms with Crippen LogP contribution in [0, 0.1) is 5.92 Å². The van der Waals surface area contributed by atoms with Gasteiger partial charge < -0.3 is 10.6 Å². The minimum Gasteiger partial charge on any atom is -0.343 e. The molecule has 1 fully saturated rings. The van der Waals surface area contributed by atoms with E-state index in [-0.39, 0.29) is 0 Å². The van der Waals surface area contributed by atoms with Gasteiger partial charge >= 0.3 is 0 Å². The second-order valence-electron chi connectivity index (χ2n) is 4.86. The Balaban J connectivity index is 2.17. The summed E-state index contributed by atoms with van der Waals surface area (Å²) in [6, 6.07) is 0. The smallest absolute Gasteiger partial charge is 0.222 e. The van der Waals surface area contributed by atoms with Gasteiger partial charge in [0.1, 0.15) is 0 Å². The van der Waals surface area contributed by atoms with Gasteiger partial charge in [-0.2, -0.15) is 0 Å². The molecule has 3 nitrogen and oxygen atoms in total. The molecule has 1 saturated heterocycles. The van der Waals surface area contributed by atoms with Gasteiger partial charge in [-0.3, -0.25) is 4.79 Å². The van der Waals surface area contributed by atoms with Gasteiger partial charge in [0, 0.05) is 19.5 Å². The Morgan fingerprint density at radius 2 is 2.00 bits per heavy atom. The molecule has 0 spiro atoms. The van der Waals surface area contributed by atoms with E-state index in [0.29, 0.717) is 5.91 Å². The van der Waals surface area contributed by atoms with Gasteiger partial charge in [0.05, 0.1) is 0 Å². The summed E-state index contributed by atoms with van der Waals surface area (Å²) in [7, 11) is 0. The number of rotatable bonds is 6. The van der Waals surface area contributed by atoms with E-state index in [1.807, 2.05) is 4.90 Å². The van der Waals surface area contributed by atoms with Crippen molar-refractivity contribution in [2.75, 3.05) is 19.6 Å². The van der Waals surface area contributed by atoms with E-state index >= 15 is 0 Å². The van der Waals surface area contributed by atoms with Crippen molar-refractivity contribution >= 4 is 5.91 Å². The van der Waals surface area contributed by atoms with E-state index in [1.165, 1.54) is 12.8 Å². The zero-order valence-corrected chi connectivity index (χ0v) is 10.6. The van der Waals surface area contributed by atoms with Gasteiger partial charge in [0.25, 0.3) is 0 Å². The van der Waals surface area contributed by atoms with Crippen LogP contribution in [-0.2, 0) is 4.79 Å². The number of unbranched alkanes of at least 4 members (excludes halogenated alkanes) is 2. The fraction of sp³-hybridized carbons (Fsp3) is 0.923. The fourth-order valence-corrected chi connectivity index (χ4v) is 2.39. The molecule has 0 aromatic rings. The number of hydrogen-bond donors (Lipinski definition) is 1. The second kappa shape index (κ2) is 7.66. The minimum atomic E-state index is 0.361. The first-order valence-electron chi connectivity index (χ1n) is 6.75. The quantitative estimate of drug-likeness (QED) is 0.705. The molecular formula is C13H26N2O. The molecule has 1 rings (SSSR count). The predicted molar refractivity (Wildman–Crippen MR) is 67.1 cm³/mol. The maximum atomic E-state index is 11.8. The number of nitrogens with two attached hydrogens (primary N) is 1. The molecule has 0 atom stereocenters. The molecule has 16 heavy (non-hydrogen) atoms. The van der Waals surface area contributed by atoms with Crippen molar-refractivity contribution < 1.29 is 4.79 Å². The first-order chi connectivity index (χ1) is 7.77. The molecule has 1 heterocycles. The Hall–Kier alpha value is -0.570. The van der Waals surface area contributed by atoms with Gasteiger partial charge in [0.15, 0.2) is 0 Å². The number of carbonyl (C=O) groups excluding carboxylic acids is 1. The van der Waals surface area contributed by atoms with Crippen LogP contribution < -0.4 is 5.73 Å². The summed E-state index contributed by atoms with van der Waals surface area (Å²) in [5.41, 5.74) is 5.55. The summed E-state index contributed by atoms with van der Waals surface area (Å²) >= 11 is 0. The van der Waals surface area contributed by atoms with Crippen molar-refractivity contribution in [1.29, 1.82) is 0 Å². The molecule has 0 bridgehead atoms. The van der Waals surface area contributed by atoms with E-state index in [9.17, 15) is 4.79 Å². The van der Waals surface area contributed by atoms with Crippen molar-refractivity contribution in [3.05, 3.63) is 0 Å². The third-order valence-corrected chi connectivity index (χ3v) is 3.54. The zero-order chi connectivity index (χ0) is 11.8. The normalized spacial score (nSPS) is 17.8. The van der Waals surface area contributed by atoms with Crippen LogP contribution in [0.5, 0.6) is 0 Å². The van der Waals surface area contributed by atoms with E-state index in [2.05, 4.69) is 6.92 Å². The van der Waals surface area contributed by atoms with Crippen molar-refractivity contribution in [3.8, 4) is 0 Å². The Kier molecular flexibility index (Phi) is 6.46. The lowest BCUT2D eigenvalue weighted by atomic mass is 9.93. The lowest BCUT2D eigenvalue weighted by Gasteiger charge is -2.32. The Morgan fingerprint density at radius 3 is 2.56 bits per heavy atom. The Bertz CT molecular complexity index is 198. The summed E-state index contributed by atoms with van der Waals surface area (Å²) in [6.45, 7) is 4.86. The monoisotopic (exact) mass is 226 g/mol. The minimum absolute atomic E-state index is 0.361. The van der Waals surface area contributed by atoms with Gasteiger partial charge in [-0.1, -0.05) is 19.8 Å². The molecule has 1 amide bonds. The molecule has 0 aromatic heterocycles. The van der Waals surface area contributed by atoms with Gasteiger partial charge in [-0.25, -0.2) is 0 Å². The first-order valence-corrected chi connectivity index (χ1v) is 6.75. The standard InChI is InChI=1S/C13H26N2O/c1-2-3-4-5-13(16)15-10-7-12(6-9-14)8-11-15/h12H,2-11,14H2,1H3. The summed E-state index contributed by atoms with van der Waals surface area (Å²) in [5.74, 6) is 1.12. The molecule has 0 aliphatic carbocycles. The third kappa shape index (κ3) is 4.52. The summed E-state index contributed by atoms with van der Waals surface area (Å²) in [5, 5.41) is 0. The molecule has 0 aromatic carbocycles. The number of nitrogens with zero attached hydrogens (tertiary/aromatic N) is 1. The molecule has 1 aliphatic heterocycles. The number of piperidine rings is 1. The van der Waals surface area contributed by atoms with Crippen LogP contribution in [0.15, 0.2) is 0 Å². The highest BCUT2D eigenvalue weighted by molar-refractivity contribution is 5.76. The van der Waals surface area contributed by atoms with Crippen molar-refractivity contribution in [3.63, 3.8) is 0 Å². The fourth-order valence-electron chi connectivity index (χ4n) is 2.39. The molecule has 1 aliphatic rings. The van der Waals surface area contributed by atoms with Crippen LogP contribution in [0.2, 0.25) is 0 Å². The molecule has 3 heteroatoms. The number of amides is 1. The lowest BCUT2D eigenvalue weighted by molar-refractivity contribution is -0.132. The van der Waals surface area contributed by atoms with E-state index < -0.39 is 0 Å². The number of hydrogen-bond acceptors (Lipinski definition) is 2. The summed E-state index contributed by atoms with van der Waals surface area (Å²) in [4.78, 5) is 13.9. The molecule has 94 valence electrons. The van der Waals surface area contributed by atoms with Gasteiger partial charge in [-0.15, -0.1) is 0 Å². The van der Waals surface area contributed by atoms with Crippen molar-refractivity contribution in [2.24, 2.45) is 11.7 Å². The van der Waals surface area contributed by atoms with Crippen LogP contribution in [0.1, 0.15) is 51.9 Å². The second-order valence-corrected chi connectivity index (χ2v) is 4.86. The number of carbonyl (C=O) groups is 1. The zero-order valence-electron chi connectivity index (χ0n) is 10.6. The highest BCUT2D eigenvalue weighted by Crippen LogP contribution is 2.20. The Morgan fingerprint density at radius 1 is 1.31 bits per heavy atom. The van der Waals surface area contributed by atoms with E-state index in [0.717, 1.165) is 57.7 Å². The predicted octanol–water partition coefficient (Wildman–Crippen LogP) is 2.15. The molecule has 0 radical (unpaired) electrons. The summed E-state index contributed by atoms with van der Waals surface area (Å²) in [6.07, 6.45) is 7.58. The maximum absolute atomic E-state index is 11.8.